The second-order valence-corrected chi connectivity index (χ2v) is 7.08. The number of halogens is 1. The number of ether oxygens (including phenoxy) is 1. The quantitative estimate of drug-likeness (QED) is 0.276. The summed E-state index contributed by atoms with van der Waals surface area (Å²) in [6, 6.07) is 6.49. The number of nitrogens with zero attached hydrogens (tertiary/aromatic N) is 3. The number of carbonyl (C=O) groups excluding carboxylic acids is 2. The lowest BCUT2D eigenvalue weighted by atomic mass is 10.2. The molecule has 0 saturated carbocycles. The number of nitro groups is 2. The molecule has 1 N–H and O–H groups in total. The lowest BCUT2D eigenvalue weighted by Gasteiger charge is -2.13. The minimum atomic E-state index is -1.25. The van der Waals surface area contributed by atoms with E-state index < -0.39 is 45.1 Å². The van der Waals surface area contributed by atoms with Gasteiger partial charge in [-0.25, -0.2) is 4.79 Å². The Bertz CT molecular complexity index is 1350. The number of rotatable bonds is 9. The molecule has 34 heavy (non-hydrogen) atoms. The third-order valence-corrected chi connectivity index (χ3v) is 4.71. The van der Waals surface area contributed by atoms with Gasteiger partial charge in [0.05, 0.1) is 21.4 Å². The van der Waals surface area contributed by atoms with E-state index in [1.165, 1.54) is 23.6 Å². The van der Waals surface area contributed by atoms with Gasteiger partial charge in [-0.15, -0.1) is 0 Å². The summed E-state index contributed by atoms with van der Waals surface area (Å²) >= 11 is 0. The number of carbonyl (C=O) groups is 2. The van der Waals surface area contributed by atoms with Crippen molar-refractivity contribution >= 4 is 40.0 Å². The minimum Gasteiger partial charge on any atom is -0.453 e. The van der Waals surface area contributed by atoms with Crippen molar-refractivity contribution in [2.75, 3.05) is 5.32 Å². The standard InChI is InChI=1S/C20H17FN4O9/c1-11(19(27)22-12-4-6-14(21)16(9-12)25(31)32)33-18(26)3-2-8-23-15-7-5-13(24(29)30)10-17(15)34-20(23)28/h4-7,9-11H,2-3,8H2,1H3,(H,22,27). The Morgan fingerprint density at radius 1 is 1.18 bits per heavy atom. The van der Waals surface area contributed by atoms with Crippen molar-refractivity contribution in [1.82, 2.24) is 4.57 Å². The highest BCUT2D eigenvalue weighted by Gasteiger charge is 2.21. The van der Waals surface area contributed by atoms with Crippen LogP contribution in [0.3, 0.4) is 0 Å². The molecule has 3 aromatic rings. The molecule has 0 aliphatic heterocycles. The molecular weight excluding hydrogens is 459 g/mol. The largest absolute Gasteiger partial charge is 0.453 e. The van der Waals surface area contributed by atoms with Gasteiger partial charge in [-0.2, -0.15) is 4.39 Å². The molecule has 0 saturated heterocycles. The number of aromatic nitrogens is 1. The maximum Gasteiger partial charge on any atom is 0.419 e. The zero-order valence-electron chi connectivity index (χ0n) is 17.6. The van der Waals surface area contributed by atoms with E-state index in [0.29, 0.717) is 5.52 Å². The van der Waals surface area contributed by atoms with Crippen molar-refractivity contribution in [2.45, 2.75) is 32.4 Å². The average molecular weight is 476 g/mol. The van der Waals surface area contributed by atoms with Crippen molar-refractivity contribution < 1.29 is 33.0 Å². The normalized spacial score (nSPS) is 11.7. The number of oxazole rings is 1. The molecule has 14 heteroatoms. The van der Waals surface area contributed by atoms with Crippen LogP contribution in [0.1, 0.15) is 19.8 Å². The van der Waals surface area contributed by atoms with Gasteiger partial charge in [0.2, 0.25) is 5.82 Å². The van der Waals surface area contributed by atoms with E-state index in [2.05, 4.69) is 5.32 Å². The molecule has 1 unspecified atom stereocenters. The fraction of sp³-hybridized carbons (Fsp3) is 0.250. The van der Waals surface area contributed by atoms with Gasteiger partial charge in [-0.1, -0.05) is 0 Å². The van der Waals surface area contributed by atoms with Crippen LogP contribution in [-0.4, -0.2) is 32.4 Å². The summed E-state index contributed by atoms with van der Waals surface area (Å²) in [6.07, 6.45) is -1.27. The number of aryl methyl sites for hydroxylation is 1. The summed E-state index contributed by atoms with van der Waals surface area (Å²) in [5.41, 5.74) is -0.746. The summed E-state index contributed by atoms with van der Waals surface area (Å²) < 4.78 is 24.6. The van der Waals surface area contributed by atoms with E-state index in [1.807, 2.05) is 0 Å². The number of anilines is 1. The van der Waals surface area contributed by atoms with Crippen molar-refractivity contribution in [2.24, 2.45) is 0 Å². The molecule has 13 nitrogen and oxygen atoms in total. The van der Waals surface area contributed by atoms with E-state index in [1.54, 1.807) is 0 Å². The van der Waals surface area contributed by atoms with Crippen molar-refractivity contribution in [3.8, 4) is 0 Å². The molecule has 0 aliphatic carbocycles. The van der Waals surface area contributed by atoms with Gasteiger partial charge in [0.25, 0.3) is 11.6 Å². The number of fused-ring (bicyclic) bond motifs is 1. The number of amides is 1. The second-order valence-electron chi connectivity index (χ2n) is 7.08. The summed E-state index contributed by atoms with van der Waals surface area (Å²) in [5.74, 6) is -3.34. The van der Waals surface area contributed by atoms with Gasteiger partial charge in [0.1, 0.15) is 0 Å². The molecule has 1 heterocycles. The van der Waals surface area contributed by atoms with Gasteiger partial charge in [0, 0.05) is 30.8 Å². The molecular formula is C20H17FN4O9. The Balaban J connectivity index is 1.54. The molecule has 178 valence electrons. The van der Waals surface area contributed by atoms with Crippen molar-refractivity contribution in [3.05, 3.63) is 73.0 Å². The first-order valence-electron chi connectivity index (χ1n) is 9.79. The molecule has 0 spiro atoms. The van der Waals surface area contributed by atoms with E-state index in [4.69, 9.17) is 9.15 Å². The number of esters is 1. The molecule has 0 fully saturated rings. The Morgan fingerprint density at radius 3 is 2.59 bits per heavy atom. The summed E-state index contributed by atoms with van der Waals surface area (Å²) in [5, 5.41) is 23.9. The Kier molecular flexibility index (Phi) is 6.99. The van der Waals surface area contributed by atoms with Gasteiger partial charge in [-0.3, -0.25) is 34.4 Å². The summed E-state index contributed by atoms with van der Waals surface area (Å²) in [4.78, 5) is 56.3. The molecule has 1 aromatic heterocycles. The van der Waals surface area contributed by atoms with Crippen molar-refractivity contribution in [1.29, 1.82) is 0 Å². The SMILES string of the molecule is CC(OC(=O)CCCn1c(=O)oc2cc([N+](=O)[O-])ccc21)C(=O)Nc1ccc(F)c([N+](=O)[O-])c1. The number of non-ortho nitro benzene ring substituents is 1. The zero-order valence-corrected chi connectivity index (χ0v) is 17.6. The van der Waals surface area contributed by atoms with E-state index in [-0.39, 0.29) is 36.3 Å². The van der Waals surface area contributed by atoms with Crippen LogP contribution in [0.15, 0.2) is 45.6 Å². The topological polar surface area (TPSA) is 177 Å². The Morgan fingerprint density at radius 2 is 1.91 bits per heavy atom. The smallest absolute Gasteiger partial charge is 0.419 e. The third kappa shape index (κ3) is 5.40. The number of nitrogens with one attached hydrogen (secondary N) is 1. The fourth-order valence-electron chi connectivity index (χ4n) is 3.05. The number of benzene rings is 2. The van der Waals surface area contributed by atoms with Crippen LogP contribution >= 0.6 is 0 Å². The first-order valence-corrected chi connectivity index (χ1v) is 9.79. The number of hydrogen-bond donors (Lipinski definition) is 1. The van der Waals surface area contributed by atoms with Crippen LogP contribution in [0.25, 0.3) is 11.1 Å². The maximum atomic E-state index is 13.4. The monoisotopic (exact) mass is 476 g/mol. The molecule has 0 bridgehead atoms. The van der Waals surface area contributed by atoms with Gasteiger partial charge < -0.3 is 14.5 Å². The second kappa shape index (κ2) is 9.89. The Labute approximate surface area is 189 Å². The summed E-state index contributed by atoms with van der Waals surface area (Å²) in [7, 11) is 0. The fourth-order valence-corrected chi connectivity index (χ4v) is 3.05. The van der Waals surface area contributed by atoms with Crippen LogP contribution in [-0.2, 0) is 20.9 Å². The molecule has 2 aromatic carbocycles. The zero-order chi connectivity index (χ0) is 25.0. The average Bonchev–Trinajstić information content (AvgIpc) is 3.09. The lowest BCUT2D eigenvalue weighted by Crippen LogP contribution is -2.30. The lowest BCUT2D eigenvalue weighted by molar-refractivity contribution is -0.387. The van der Waals surface area contributed by atoms with Gasteiger partial charge in [-0.05, 0) is 31.5 Å². The van der Waals surface area contributed by atoms with Gasteiger partial charge in [0.15, 0.2) is 11.7 Å². The summed E-state index contributed by atoms with van der Waals surface area (Å²) in [6.45, 7) is 1.34. The predicted octanol–water partition coefficient (Wildman–Crippen LogP) is 2.90. The van der Waals surface area contributed by atoms with Crippen LogP contribution in [0, 0.1) is 26.0 Å². The highest BCUT2D eigenvalue weighted by molar-refractivity contribution is 5.95. The third-order valence-electron chi connectivity index (χ3n) is 4.71. The minimum absolute atomic E-state index is 0.0353. The van der Waals surface area contributed by atoms with E-state index in [0.717, 1.165) is 24.3 Å². The molecule has 0 aliphatic rings. The van der Waals surface area contributed by atoms with E-state index in [9.17, 15) is 39.0 Å². The number of nitro benzene ring substituents is 2. The van der Waals surface area contributed by atoms with E-state index >= 15 is 0 Å². The van der Waals surface area contributed by atoms with Gasteiger partial charge >= 0.3 is 17.4 Å². The predicted molar refractivity (Wildman–Crippen MR) is 114 cm³/mol. The highest BCUT2D eigenvalue weighted by atomic mass is 19.1. The molecule has 1 amide bonds. The Hall–Kier alpha value is -4.62. The van der Waals surface area contributed by atoms with Crippen LogP contribution in [0.5, 0.6) is 0 Å². The molecule has 1 atom stereocenters. The number of hydrogen-bond acceptors (Lipinski definition) is 9. The maximum absolute atomic E-state index is 13.4. The first kappa shape index (κ1) is 24.0. The van der Waals surface area contributed by atoms with Crippen LogP contribution in [0.4, 0.5) is 21.5 Å². The van der Waals surface area contributed by atoms with Crippen LogP contribution < -0.4 is 11.1 Å². The molecule has 0 radical (unpaired) electrons. The van der Waals surface area contributed by atoms with Crippen LogP contribution in [0.2, 0.25) is 0 Å². The first-order chi connectivity index (χ1) is 16.1. The van der Waals surface area contributed by atoms with Crippen molar-refractivity contribution in [3.63, 3.8) is 0 Å². The molecule has 3 rings (SSSR count). The highest BCUT2D eigenvalue weighted by Crippen LogP contribution is 2.22.